The molecule has 1 fully saturated rings. The Hall–Kier alpha value is -6.06. The minimum absolute atomic E-state index is 0.0629. The number of hydrogen-bond donors (Lipinski definition) is 1. The second kappa shape index (κ2) is 13.5. The average molecular weight is 632 g/mol. The number of carbonyl (C=O) groups is 3. The molecule has 0 spiro atoms. The predicted octanol–water partition coefficient (Wildman–Crippen LogP) is 4.87. The summed E-state index contributed by atoms with van der Waals surface area (Å²) in [5.74, 6) is -1.98. The predicted molar refractivity (Wildman–Crippen MR) is 168 cm³/mol. The molecule has 0 aliphatic carbocycles. The van der Waals surface area contributed by atoms with Crippen molar-refractivity contribution in [2.45, 2.75) is 44.0 Å². The Morgan fingerprint density at radius 1 is 0.851 bits per heavy atom. The summed E-state index contributed by atoms with van der Waals surface area (Å²) in [6.07, 6.45) is -2.93. The highest BCUT2D eigenvalue weighted by molar-refractivity contribution is 5.93. The van der Waals surface area contributed by atoms with E-state index in [0.29, 0.717) is 5.56 Å². The zero-order valence-electron chi connectivity index (χ0n) is 25.1. The molecule has 0 amide bonds. The third-order valence-corrected chi connectivity index (χ3v) is 7.80. The van der Waals surface area contributed by atoms with Gasteiger partial charge in [-0.25, -0.2) is 24.4 Å². The number of ether oxygens (including phenoxy) is 4. The van der Waals surface area contributed by atoms with Crippen LogP contribution in [0.1, 0.15) is 56.2 Å². The van der Waals surface area contributed by atoms with Crippen molar-refractivity contribution in [2.75, 3.05) is 5.73 Å². The summed E-state index contributed by atoms with van der Waals surface area (Å²) in [6.45, 7) is 1.79. The molecule has 2 aromatic heterocycles. The first kappa shape index (κ1) is 30.9. The van der Waals surface area contributed by atoms with Gasteiger partial charge >= 0.3 is 17.9 Å². The summed E-state index contributed by atoms with van der Waals surface area (Å²) < 4.78 is 26.2. The van der Waals surface area contributed by atoms with E-state index in [9.17, 15) is 19.6 Å². The van der Waals surface area contributed by atoms with Crippen molar-refractivity contribution in [3.63, 3.8) is 0 Å². The molecule has 1 aliphatic heterocycles. The summed E-state index contributed by atoms with van der Waals surface area (Å²) in [5, 5.41) is 10.2. The molecule has 0 unspecified atom stereocenters. The molecule has 12 nitrogen and oxygen atoms in total. The van der Waals surface area contributed by atoms with E-state index in [2.05, 4.69) is 16.0 Å². The van der Waals surface area contributed by atoms with Crippen molar-refractivity contribution in [3.05, 3.63) is 126 Å². The van der Waals surface area contributed by atoms with Crippen molar-refractivity contribution in [3.8, 4) is 6.07 Å². The van der Waals surface area contributed by atoms with E-state index in [1.54, 1.807) is 97.9 Å². The normalized spacial score (nSPS) is 19.4. The van der Waals surface area contributed by atoms with E-state index in [1.807, 2.05) is 0 Å². The summed E-state index contributed by atoms with van der Waals surface area (Å²) in [6, 6.07) is 27.1. The molecule has 2 N–H and O–H groups in total. The molecule has 5 aromatic rings. The van der Waals surface area contributed by atoms with E-state index in [4.69, 9.17) is 24.7 Å². The Bertz CT molecular complexity index is 1940. The van der Waals surface area contributed by atoms with Crippen LogP contribution in [-0.4, -0.2) is 56.9 Å². The summed E-state index contributed by atoms with van der Waals surface area (Å²) >= 11 is 0. The lowest BCUT2D eigenvalue weighted by Crippen LogP contribution is -2.45. The molecule has 6 rings (SSSR count). The third-order valence-electron chi connectivity index (χ3n) is 7.80. The molecular formula is C35H29N5O7. The Morgan fingerprint density at radius 3 is 1.91 bits per heavy atom. The maximum absolute atomic E-state index is 13.6. The number of nitrogens with zero attached hydrogens (tertiary/aromatic N) is 4. The minimum Gasteiger partial charge on any atom is -0.456 e. The Labute approximate surface area is 269 Å². The third kappa shape index (κ3) is 6.25. The highest BCUT2D eigenvalue weighted by Gasteiger charge is 2.54. The lowest BCUT2D eigenvalue weighted by molar-refractivity contribution is -0.0929. The zero-order chi connectivity index (χ0) is 32.9. The molecule has 3 aromatic carbocycles. The van der Waals surface area contributed by atoms with Crippen molar-refractivity contribution in [1.29, 1.82) is 5.26 Å². The van der Waals surface area contributed by atoms with Crippen LogP contribution in [0.5, 0.6) is 0 Å². The van der Waals surface area contributed by atoms with Crippen LogP contribution in [0.15, 0.2) is 104 Å². The number of esters is 3. The maximum Gasteiger partial charge on any atom is 0.338 e. The maximum atomic E-state index is 13.6. The molecule has 0 saturated carbocycles. The SMILES string of the molecule is CC[C@@H](OC(=O)c1ccccc1)[C@H]1O[C@H](n2cc(C#N)c3c(N)ncnc32)[C@H](OC(=O)c2ccccc2)[C@@H]1OC(=O)c1ccccc1. The van der Waals surface area contributed by atoms with E-state index < -0.39 is 48.6 Å². The van der Waals surface area contributed by atoms with Crippen molar-refractivity contribution < 1.29 is 33.3 Å². The van der Waals surface area contributed by atoms with Gasteiger partial charge in [-0.2, -0.15) is 5.26 Å². The Balaban J connectivity index is 1.46. The van der Waals surface area contributed by atoms with Crippen LogP contribution in [0.2, 0.25) is 0 Å². The molecule has 3 heterocycles. The number of nitrogen functional groups attached to an aromatic ring is 1. The highest BCUT2D eigenvalue weighted by atomic mass is 16.7. The van der Waals surface area contributed by atoms with Gasteiger partial charge in [0, 0.05) is 6.20 Å². The Kier molecular flexibility index (Phi) is 8.90. The van der Waals surface area contributed by atoms with Crippen LogP contribution < -0.4 is 5.73 Å². The van der Waals surface area contributed by atoms with Gasteiger partial charge in [0.2, 0.25) is 0 Å². The lowest BCUT2D eigenvalue weighted by atomic mass is 10.0. The van der Waals surface area contributed by atoms with Gasteiger partial charge in [0.05, 0.1) is 27.6 Å². The molecular weight excluding hydrogens is 602 g/mol. The first-order valence-electron chi connectivity index (χ1n) is 14.8. The van der Waals surface area contributed by atoms with E-state index in [1.165, 1.54) is 17.1 Å². The topological polar surface area (TPSA) is 169 Å². The number of nitriles is 1. The van der Waals surface area contributed by atoms with E-state index >= 15 is 0 Å². The summed E-state index contributed by atoms with van der Waals surface area (Å²) in [7, 11) is 0. The van der Waals surface area contributed by atoms with Gasteiger partial charge in [-0.1, -0.05) is 61.5 Å². The standard InChI is InChI=1S/C35H29N5O7/c1-2-25(44-33(41)21-12-6-3-7-13-21)27-28(46-34(42)22-14-8-4-9-15-22)29(47-35(43)23-16-10-5-11-17-23)32(45-27)40-19-24(18-36)26-30(37)38-20-39-31(26)40/h3-17,19-20,25,27-29,32H,2H2,1H3,(H2,37,38,39)/t25-,27-,28-,29-,32+/m1/s1. The van der Waals surface area contributed by atoms with E-state index in [0.717, 1.165) is 0 Å². The van der Waals surface area contributed by atoms with Crippen LogP contribution in [0.3, 0.4) is 0 Å². The van der Waals surface area contributed by atoms with Crippen LogP contribution in [0.4, 0.5) is 5.82 Å². The van der Waals surface area contributed by atoms with Crippen LogP contribution in [0, 0.1) is 11.3 Å². The first-order chi connectivity index (χ1) is 22.9. The summed E-state index contributed by atoms with van der Waals surface area (Å²) in [5.41, 5.74) is 7.31. The summed E-state index contributed by atoms with van der Waals surface area (Å²) in [4.78, 5) is 48.7. The molecule has 236 valence electrons. The Morgan fingerprint density at radius 2 is 1.38 bits per heavy atom. The number of nitrogens with two attached hydrogens (primary N) is 1. The fraction of sp³-hybridized carbons (Fsp3) is 0.200. The highest BCUT2D eigenvalue weighted by Crippen LogP contribution is 2.40. The van der Waals surface area contributed by atoms with Crippen molar-refractivity contribution in [2.24, 2.45) is 0 Å². The van der Waals surface area contributed by atoms with Gasteiger partial charge in [0.15, 0.2) is 18.4 Å². The number of rotatable bonds is 9. The molecule has 1 saturated heterocycles. The van der Waals surface area contributed by atoms with Crippen molar-refractivity contribution in [1.82, 2.24) is 14.5 Å². The fourth-order valence-corrected chi connectivity index (χ4v) is 5.53. The molecule has 0 radical (unpaired) electrons. The second-order valence-corrected chi connectivity index (χ2v) is 10.7. The number of hydrogen-bond acceptors (Lipinski definition) is 11. The quantitative estimate of drug-likeness (QED) is 0.174. The number of fused-ring (bicyclic) bond motifs is 1. The largest absolute Gasteiger partial charge is 0.456 e. The van der Waals surface area contributed by atoms with Gasteiger partial charge in [-0.05, 0) is 42.8 Å². The number of benzene rings is 3. The molecule has 1 aliphatic rings. The van der Waals surface area contributed by atoms with Crippen LogP contribution >= 0.6 is 0 Å². The molecule has 47 heavy (non-hydrogen) atoms. The van der Waals surface area contributed by atoms with Gasteiger partial charge in [0.1, 0.15) is 36.1 Å². The number of aromatic nitrogens is 3. The average Bonchev–Trinajstić information content (AvgIpc) is 3.66. The second-order valence-electron chi connectivity index (χ2n) is 10.7. The first-order valence-corrected chi connectivity index (χ1v) is 14.8. The monoisotopic (exact) mass is 631 g/mol. The van der Waals surface area contributed by atoms with Gasteiger partial charge in [-0.3, -0.25) is 0 Å². The van der Waals surface area contributed by atoms with Crippen LogP contribution in [-0.2, 0) is 18.9 Å². The number of anilines is 1. The smallest absolute Gasteiger partial charge is 0.338 e. The molecule has 5 atom stereocenters. The molecule has 12 heteroatoms. The van der Waals surface area contributed by atoms with Crippen LogP contribution in [0.25, 0.3) is 11.0 Å². The minimum atomic E-state index is -1.30. The molecule has 0 bridgehead atoms. The van der Waals surface area contributed by atoms with Gasteiger partial charge in [0.25, 0.3) is 0 Å². The van der Waals surface area contributed by atoms with Gasteiger partial charge in [-0.15, -0.1) is 0 Å². The fourth-order valence-electron chi connectivity index (χ4n) is 5.53. The van der Waals surface area contributed by atoms with Gasteiger partial charge < -0.3 is 29.2 Å². The number of carbonyl (C=O) groups excluding carboxylic acids is 3. The zero-order valence-corrected chi connectivity index (χ0v) is 25.1. The van der Waals surface area contributed by atoms with E-state index in [-0.39, 0.29) is 40.0 Å². The lowest BCUT2D eigenvalue weighted by Gasteiger charge is -2.28. The van der Waals surface area contributed by atoms with Crippen molar-refractivity contribution >= 4 is 34.8 Å².